The molecule has 3 aliphatic rings. The summed E-state index contributed by atoms with van der Waals surface area (Å²) in [5, 5.41) is 13.5. The van der Waals surface area contributed by atoms with Crippen LogP contribution in [0, 0.1) is 5.41 Å². The van der Waals surface area contributed by atoms with Gasteiger partial charge in [0.1, 0.15) is 0 Å². The average molecular weight is 238 g/mol. The molecule has 3 fully saturated rings. The number of nitrogens with one attached hydrogen (secondary N) is 1. The van der Waals surface area contributed by atoms with E-state index in [0.717, 1.165) is 18.5 Å². The van der Waals surface area contributed by atoms with Crippen molar-refractivity contribution in [1.82, 2.24) is 10.2 Å². The fourth-order valence-electron chi connectivity index (χ4n) is 3.56. The van der Waals surface area contributed by atoms with Gasteiger partial charge in [-0.3, -0.25) is 4.90 Å². The van der Waals surface area contributed by atoms with Gasteiger partial charge in [-0.15, -0.1) is 0 Å². The van der Waals surface area contributed by atoms with Crippen LogP contribution in [0.25, 0.3) is 0 Å². The Hall–Kier alpha value is -0.120. The Kier molecular flexibility index (Phi) is 2.77. The summed E-state index contributed by atoms with van der Waals surface area (Å²) in [6.45, 7) is 7.93. The molecule has 17 heavy (non-hydrogen) atoms. The molecule has 0 radical (unpaired) electrons. The van der Waals surface area contributed by atoms with Crippen molar-refractivity contribution < 1.29 is 5.11 Å². The first-order chi connectivity index (χ1) is 7.98. The molecule has 2 saturated carbocycles. The van der Waals surface area contributed by atoms with E-state index in [1.807, 2.05) is 0 Å². The van der Waals surface area contributed by atoms with Crippen molar-refractivity contribution in [3.05, 3.63) is 0 Å². The summed E-state index contributed by atoms with van der Waals surface area (Å²) in [6.07, 6.45) is 4.91. The van der Waals surface area contributed by atoms with E-state index in [2.05, 4.69) is 31.0 Å². The second-order valence-corrected chi connectivity index (χ2v) is 7.00. The van der Waals surface area contributed by atoms with E-state index < -0.39 is 0 Å². The number of hydrogen-bond acceptors (Lipinski definition) is 3. The standard InChI is InChI=1S/C14H26N2O/c1-9-6-10(8-16(9)11-4-5-11)15-12-7-13(17)14(12,2)3/h9-13,15,17H,4-8H2,1-3H3. The highest BCUT2D eigenvalue weighted by Crippen LogP contribution is 2.41. The maximum atomic E-state index is 9.77. The minimum atomic E-state index is -0.113. The lowest BCUT2D eigenvalue weighted by Crippen LogP contribution is -2.62. The highest BCUT2D eigenvalue weighted by atomic mass is 16.3. The Labute approximate surface area is 105 Å². The predicted molar refractivity (Wildman–Crippen MR) is 68.9 cm³/mol. The lowest BCUT2D eigenvalue weighted by Gasteiger charge is -2.50. The molecule has 98 valence electrons. The van der Waals surface area contributed by atoms with E-state index in [-0.39, 0.29) is 11.5 Å². The van der Waals surface area contributed by atoms with E-state index in [9.17, 15) is 5.11 Å². The van der Waals surface area contributed by atoms with E-state index in [1.165, 1.54) is 25.8 Å². The Morgan fingerprint density at radius 2 is 1.94 bits per heavy atom. The summed E-state index contributed by atoms with van der Waals surface area (Å²) in [5.41, 5.74) is 0.0657. The summed E-state index contributed by atoms with van der Waals surface area (Å²) >= 11 is 0. The molecule has 0 bridgehead atoms. The fourth-order valence-corrected chi connectivity index (χ4v) is 3.56. The zero-order chi connectivity index (χ0) is 12.2. The van der Waals surface area contributed by atoms with Crippen LogP contribution < -0.4 is 5.32 Å². The molecule has 4 atom stereocenters. The van der Waals surface area contributed by atoms with Crippen molar-refractivity contribution in [2.45, 2.75) is 76.7 Å². The first-order valence-corrected chi connectivity index (χ1v) is 7.18. The van der Waals surface area contributed by atoms with Gasteiger partial charge in [0.25, 0.3) is 0 Å². The monoisotopic (exact) mass is 238 g/mol. The highest BCUT2D eigenvalue weighted by molar-refractivity contribution is 5.05. The van der Waals surface area contributed by atoms with Crippen molar-refractivity contribution in [3.63, 3.8) is 0 Å². The lowest BCUT2D eigenvalue weighted by atomic mass is 9.64. The van der Waals surface area contributed by atoms with Gasteiger partial charge >= 0.3 is 0 Å². The van der Waals surface area contributed by atoms with Crippen molar-refractivity contribution in [2.24, 2.45) is 5.41 Å². The third kappa shape index (κ3) is 2.02. The third-order valence-electron chi connectivity index (χ3n) is 5.29. The van der Waals surface area contributed by atoms with Gasteiger partial charge in [-0.1, -0.05) is 13.8 Å². The largest absolute Gasteiger partial charge is 0.392 e. The SMILES string of the molecule is CC1CC(NC2CC(O)C2(C)C)CN1C1CC1. The van der Waals surface area contributed by atoms with E-state index in [1.54, 1.807) is 0 Å². The fraction of sp³-hybridized carbons (Fsp3) is 1.00. The number of hydrogen-bond donors (Lipinski definition) is 2. The van der Waals surface area contributed by atoms with E-state index in [0.29, 0.717) is 12.1 Å². The molecule has 1 saturated heterocycles. The van der Waals surface area contributed by atoms with Crippen LogP contribution in [0.4, 0.5) is 0 Å². The molecule has 3 rings (SSSR count). The molecule has 3 nitrogen and oxygen atoms in total. The summed E-state index contributed by atoms with van der Waals surface area (Å²) in [5.74, 6) is 0. The molecule has 1 heterocycles. The summed E-state index contributed by atoms with van der Waals surface area (Å²) < 4.78 is 0. The summed E-state index contributed by atoms with van der Waals surface area (Å²) in [6, 6.07) is 2.78. The molecular weight excluding hydrogens is 212 g/mol. The first-order valence-electron chi connectivity index (χ1n) is 7.18. The summed E-state index contributed by atoms with van der Waals surface area (Å²) in [7, 11) is 0. The number of likely N-dealkylation sites (tertiary alicyclic amines) is 1. The zero-order valence-electron chi connectivity index (χ0n) is 11.3. The maximum absolute atomic E-state index is 9.77. The molecule has 0 amide bonds. The quantitative estimate of drug-likeness (QED) is 0.779. The van der Waals surface area contributed by atoms with Crippen LogP contribution in [0.1, 0.15) is 46.5 Å². The molecule has 2 N–H and O–H groups in total. The van der Waals surface area contributed by atoms with Crippen molar-refractivity contribution in [1.29, 1.82) is 0 Å². The number of nitrogens with zero attached hydrogens (tertiary/aromatic N) is 1. The van der Waals surface area contributed by atoms with Gasteiger partial charge in [0.05, 0.1) is 6.10 Å². The van der Waals surface area contributed by atoms with Crippen molar-refractivity contribution in [2.75, 3.05) is 6.54 Å². The smallest absolute Gasteiger partial charge is 0.0621 e. The van der Waals surface area contributed by atoms with Crippen LogP contribution in [0.15, 0.2) is 0 Å². The van der Waals surface area contributed by atoms with Crippen LogP contribution in [0.5, 0.6) is 0 Å². The minimum Gasteiger partial charge on any atom is -0.392 e. The van der Waals surface area contributed by atoms with Gasteiger partial charge < -0.3 is 10.4 Å². The first kappa shape index (κ1) is 11.9. The van der Waals surface area contributed by atoms with Gasteiger partial charge in [-0.05, 0) is 32.6 Å². The topological polar surface area (TPSA) is 35.5 Å². The molecule has 0 spiro atoms. The van der Waals surface area contributed by atoms with Gasteiger partial charge in [-0.2, -0.15) is 0 Å². The highest BCUT2D eigenvalue weighted by Gasteiger charge is 2.49. The molecule has 0 aromatic heterocycles. The van der Waals surface area contributed by atoms with Crippen LogP contribution in [0.3, 0.4) is 0 Å². The maximum Gasteiger partial charge on any atom is 0.0621 e. The number of aliphatic hydroxyl groups is 1. The molecule has 1 aliphatic heterocycles. The van der Waals surface area contributed by atoms with Crippen LogP contribution in [0.2, 0.25) is 0 Å². The van der Waals surface area contributed by atoms with Crippen molar-refractivity contribution in [3.8, 4) is 0 Å². The molecule has 2 aliphatic carbocycles. The average Bonchev–Trinajstić information content (AvgIpc) is 3.03. The Morgan fingerprint density at radius 1 is 1.24 bits per heavy atom. The lowest BCUT2D eigenvalue weighted by molar-refractivity contribution is -0.0755. The molecule has 0 aromatic carbocycles. The van der Waals surface area contributed by atoms with Crippen LogP contribution >= 0.6 is 0 Å². The Bertz CT molecular complexity index is 301. The molecular formula is C14H26N2O. The predicted octanol–water partition coefficient (Wildman–Crippen LogP) is 1.36. The Balaban J connectivity index is 1.54. The number of rotatable bonds is 3. The van der Waals surface area contributed by atoms with Gasteiger partial charge in [-0.25, -0.2) is 0 Å². The van der Waals surface area contributed by atoms with Gasteiger partial charge in [0.15, 0.2) is 0 Å². The molecule has 4 unspecified atom stereocenters. The summed E-state index contributed by atoms with van der Waals surface area (Å²) in [4.78, 5) is 2.68. The van der Waals surface area contributed by atoms with E-state index >= 15 is 0 Å². The normalized spacial score (nSPS) is 45.9. The van der Waals surface area contributed by atoms with Gasteiger partial charge in [0, 0.05) is 36.1 Å². The second kappa shape index (κ2) is 3.94. The van der Waals surface area contributed by atoms with Crippen molar-refractivity contribution >= 4 is 0 Å². The third-order valence-corrected chi connectivity index (χ3v) is 5.29. The number of aliphatic hydroxyl groups excluding tert-OH is 1. The van der Waals surface area contributed by atoms with Crippen LogP contribution in [-0.2, 0) is 0 Å². The Morgan fingerprint density at radius 3 is 2.47 bits per heavy atom. The zero-order valence-corrected chi connectivity index (χ0v) is 11.3. The molecule has 0 aromatic rings. The van der Waals surface area contributed by atoms with E-state index in [4.69, 9.17) is 0 Å². The second-order valence-electron chi connectivity index (χ2n) is 7.00. The minimum absolute atomic E-state index is 0.0657. The molecule has 3 heteroatoms. The van der Waals surface area contributed by atoms with Gasteiger partial charge in [0.2, 0.25) is 0 Å². The van der Waals surface area contributed by atoms with Crippen LogP contribution in [-0.4, -0.2) is 46.8 Å².